The Balaban J connectivity index is 2.65. The lowest BCUT2D eigenvalue weighted by atomic mass is 10.1. The van der Waals surface area contributed by atoms with Crippen LogP contribution in [-0.2, 0) is 12.8 Å². The van der Waals surface area contributed by atoms with Crippen molar-refractivity contribution in [2.45, 2.75) is 0 Å². The summed E-state index contributed by atoms with van der Waals surface area (Å²) in [5.74, 6) is 0. The third kappa shape index (κ3) is 1.76. The molecule has 2 rings (SSSR count). The minimum Gasteiger partial charge on any atom is -0.656 e. The van der Waals surface area contributed by atoms with Gasteiger partial charge in [0.15, 0.2) is 0 Å². The van der Waals surface area contributed by atoms with Gasteiger partial charge in [-0.2, -0.15) is 0 Å². The molecule has 15 heavy (non-hydrogen) atoms. The molecule has 0 bridgehead atoms. The van der Waals surface area contributed by atoms with Gasteiger partial charge in [0.1, 0.15) is 0 Å². The Bertz CT molecular complexity index is 507. The number of nitrogens with two attached hydrogens (primary N) is 1. The first kappa shape index (κ1) is 9.86. The Morgan fingerprint density at radius 3 is 2.53 bits per heavy atom. The maximum atomic E-state index is 11.0. The summed E-state index contributed by atoms with van der Waals surface area (Å²) in [4.78, 5) is 11.0. The summed E-state index contributed by atoms with van der Waals surface area (Å²) >= 11 is 4.91. The third-order valence-corrected chi connectivity index (χ3v) is 2.56. The molecule has 0 fully saturated rings. The van der Waals surface area contributed by atoms with Gasteiger partial charge in [-0.05, 0) is 11.5 Å². The molecule has 0 radical (unpaired) electrons. The van der Waals surface area contributed by atoms with Crippen LogP contribution in [0, 0.1) is 0 Å². The van der Waals surface area contributed by atoms with Crippen molar-refractivity contribution in [3.63, 3.8) is 0 Å². The molecule has 4 heteroatoms. The van der Waals surface area contributed by atoms with Gasteiger partial charge in [-0.1, -0.05) is 36.4 Å². The molecule has 0 saturated carbocycles. The number of hydrogen-bond donors (Lipinski definition) is 1. The highest BCUT2D eigenvalue weighted by Gasteiger charge is 2.03. The highest BCUT2D eigenvalue weighted by atomic mass is 32.1. The average molecular weight is 217 g/mol. The van der Waals surface area contributed by atoms with Crippen LogP contribution in [0.2, 0.25) is 0 Å². The molecule has 0 aliphatic rings. The number of anilines is 1. The third-order valence-electron chi connectivity index (χ3n) is 2.19. The molecule has 2 aromatic carbocycles. The standard InChI is InChI=1S/C11H9N2OS/c12-11(14)13(15)10-7-3-5-8-4-1-2-6-9(8)10/h1-7H,(H2,12,14)/q-1. The average Bonchev–Trinajstić information content (AvgIpc) is 2.27. The van der Waals surface area contributed by atoms with E-state index in [0.29, 0.717) is 5.69 Å². The van der Waals surface area contributed by atoms with Crippen LogP contribution in [0.1, 0.15) is 0 Å². The lowest BCUT2D eigenvalue weighted by Gasteiger charge is -2.28. The molecule has 2 amide bonds. The predicted octanol–water partition coefficient (Wildman–Crippen LogP) is 2.19. The number of carbonyl (C=O) groups excluding carboxylic acids is 1. The van der Waals surface area contributed by atoms with E-state index < -0.39 is 6.03 Å². The van der Waals surface area contributed by atoms with Crippen molar-refractivity contribution in [2.75, 3.05) is 4.31 Å². The van der Waals surface area contributed by atoms with Gasteiger partial charge < -0.3 is 22.9 Å². The molecular weight excluding hydrogens is 208 g/mol. The summed E-state index contributed by atoms with van der Waals surface area (Å²) in [5, 5.41) is 1.96. The molecule has 0 aliphatic heterocycles. The van der Waals surface area contributed by atoms with Crippen LogP contribution < -0.4 is 10.0 Å². The smallest absolute Gasteiger partial charge is 0.296 e. The zero-order chi connectivity index (χ0) is 10.8. The Morgan fingerprint density at radius 1 is 1.13 bits per heavy atom. The highest BCUT2D eigenvalue weighted by molar-refractivity contribution is 7.61. The summed E-state index contributed by atoms with van der Waals surface area (Å²) in [6.07, 6.45) is 0. The van der Waals surface area contributed by atoms with Crippen molar-refractivity contribution >= 4 is 35.3 Å². The summed E-state index contributed by atoms with van der Waals surface area (Å²) in [7, 11) is 0. The van der Waals surface area contributed by atoms with E-state index in [2.05, 4.69) is 0 Å². The van der Waals surface area contributed by atoms with Crippen LogP contribution in [0.4, 0.5) is 10.5 Å². The first-order chi connectivity index (χ1) is 7.20. The molecule has 0 aromatic heterocycles. The van der Waals surface area contributed by atoms with Crippen LogP contribution in [0.25, 0.3) is 10.8 Å². The quantitative estimate of drug-likeness (QED) is 0.744. The predicted molar refractivity (Wildman–Crippen MR) is 63.4 cm³/mol. The molecule has 0 saturated heterocycles. The molecule has 3 nitrogen and oxygen atoms in total. The van der Waals surface area contributed by atoms with Crippen molar-refractivity contribution in [3.05, 3.63) is 42.5 Å². The Hall–Kier alpha value is -1.68. The van der Waals surface area contributed by atoms with Crippen molar-refractivity contribution < 1.29 is 4.79 Å². The second-order valence-electron chi connectivity index (χ2n) is 3.13. The SMILES string of the molecule is NC(=O)N([S-])c1cccc2ccccc12. The van der Waals surface area contributed by atoms with Crippen LogP contribution in [0.15, 0.2) is 42.5 Å². The van der Waals surface area contributed by atoms with Crippen LogP contribution >= 0.6 is 0 Å². The number of benzene rings is 2. The molecule has 0 atom stereocenters. The first-order valence-corrected chi connectivity index (χ1v) is 4.81. The molecule has 0 aliphatic carbocycles. The summed E-state index contributed by atoms with van der Waals surface area (Å²) in [6, 6.07) is 12.7. The number of hydrogen-bond acceptors (Lipinski definition) is 2. The largest absolute Gasteiger partial charge is 0.656 e. The van der Waals surface area contributed by atoms with E-state index in [1.807, 2.05) is 36.4 Å². The number of fused-ring (bicyclic) bond motifs is 1. The van der Waals surface area contributed by atoms with Gasteiger partial charge >= 0.3 is 0 Å². The molecule has 2 N–H and O–H groups in total. The van der Waals surface area contributed by atoms with E-state index in [9.17, 15) is 4.79 Å². The Labute approximate surface area is 93.0 Å². The molecule has 0 heterocycles. The van der Waals surface area contributed by atoms with E-state index in [-0.39, 0.29) is 0 Å². The molecule has 2 aromatic rings. The van der Waals surface area contributed by atoms with E-state index >= 15 is 0 Å². The van der Waals surface area contributed by atoms with Gasteiger partial charge in [0.25, 0.3) is 6.03 Å². The molecule has 0 spiro atoms. The first-order valence-electron chi connectivity index (χ1n) is 4.44. The van der Waals surface area contributed by atoms with Gasteiger partial charge in [0, 0.05) is 11.1 Å². The normalized spacial score (nSPS) is 10.2. The molecular formula is C11H9N2OS-. The summed E-state index contributed by atoms with van der Waals surface area (Å²) < 4.78 is 1.03. The van der Waals surface area contributed by atoms with Crippen LogP contribution in [0.5, 0.6) is 0 Å². The van der Waals surface area contributed by atoms with E-state index in [1.54, 1.807) is 6.07 Å². The van der Waals surface area contributed by atoms with Crippen molar-refractivity contribution in [1.82, 2.24) is 0 Å². The van der Waals surface area contributed by atoms with E-state index in [0.717, 1.165) is 15.1 Å². The van der Waals surface area contributed by atoms with Gasteiger partial charge in [-0.3, -0.25) is 4.79 Å². The number of urea groups is 1. The minimum atomic E-state index is -0.638. The topological polar surface area (TPSA) is 46.3 Å². The Morgan fingerprint density at radius 2 is 1.80 bits per heavy atom. The van der Waals surface area contributed by atoms with E-state index in [1.165, 1.54) is 0 Å². The number of rotatable bonds is 1. The fraction of sp³-hybridized carbons (Fsp3) is 0. The zero-order valence-corrected chi connectivity index (χ0v) is 8.70. The van der Waals surface area contributed by atoms with Crippen molar-refractivity contribution in [1.29, 1.82) is 0 Å². The molecule has 0 unspecified atom stereocenters. The fourth-order valence-corrected chi connectivity index (χ4v) is 1.66. The lowest BCUT2D eigenvalue weighted by molar-refractivity contribution is 0.257. The van der Waals surface area contributed by atoms with Crippen LogP contribution in [0.3, 0.4) is 0 Å². The fourth-order valence-electron chi connectivity index (χ4n) is 1.50. The number of amides is 2. The van der Waals surface area contributed by atoms with Gasteiger partial charge in [0.05, 0.1) is 0 Å². The maximum Gasteiger partial charge on any atom is 0.296 e. The van der Waals surface area contributed by atoms with Gasteiger partial charge in [0.2, 0.25) is 0 Å². The summed E-state index contributed by atoms with van der Waals surface area (Å²) in [5.41, 5.74) is 5.79. The number of nitrogens with zero attached hydrogens (tertiary/aromatic N) is 1. The number of primary amides is 1. The second-order valence-corrected chi connectivity index (χ2v) is 3.50. The lowest BCUT2D eigenvalue weighted by Crippen LogP contribution is -2.30. The monoisotopic (exact) mass is 217 g/mol. The van der Waals surface area contributed by atoms with Crippen LogP contribution in [-0.4, -0.2) is 6.03 Å². The molecule has 76 valence electrons. The van der Waals surface area contributed by atoms with Crippen molar-refractivity contribution in [3.8, 4) is 0 Å². The highest BCUT2D eigenvalue weighted by Crippen LogP contribution is 2.25. The minimum absolute atomic E-state index is 0.638. The maximum absolute atomic E-state index is 11.0. The van der Waals surface area contributed by atoms with E-state index in [4.69, 9.17) is 18.5 Å². The number of carbonyl (C=O) groups is 1. The second kappa shape index (κ2) is 3.82. The summed E-state index contributed by atoms with van der Waals surface area (Å²) in [6.45, 7) is 0. The van der Waals surface area contributed by atoms with Crippen molar-refractivity contribution in [2.24, 2.45) is 5.73 Å². The van der Waals surface area contributed by atoms with Gasteiger partial charge in [-0.15, -0.1) is 0 Å². The Kier molecular flexibility index (Phi) is 2.51. The van der Waals surface area contributed by atoms with Gasteiger partial charge in [-0.25, -0.2) is 0 Å². The zero-order valence-electron chi connectivity index (χ0n) is 7.88.